The maximum absolute atomic E-state index is 9.47. The van der Waals surface area contributed by atoms with Crippen LogP contribution in [0.5, 0.6) is 5.75 Å². The van der Waals surface area contributed by atoms with Gasteiger partial charge in [-0.05, 0) is 50.2 Å². The van der Waals surface area contributed by atoms with Crippen LogP contribution >= 0.6 is 11.6 Å². The van der Waals surface area contributed by atoms with Gasteiger partial charge >= 0.3 is 0 Å². The van der Waals surface area contributed by atoms with Crippen molar-refractivity contribution in [3.05, 3.63) is 34.4 Å². The summed E-state index contributed by atoms with van der Waals surface area (Å²) in [7, 11) is 1.93. The van der Waals surface area contributed by atoms with Crippen molar-refractivity contribution in [2.75, 3.05) is 13.6 Å². The maximum atomic E-state index is 9.47. The molecule has 2 nitrogen and oxygen atoms in total. The van der Waals surface area contributed by atoms with Crippen molar-refractivity contribution >= 4 is 17.7 Å². The lowest BCUT2D eigenvalue weighted by Gasteiger charge is -2.03. The Bertz CT molecular complexity index is 338. The maximum Gasteiger partial charge on any atom is 0.137 e. The van der Waals surface area contributed by atoms with E-state index in [2.05, 4.69) is 11.4 Å². The highest BCUT2D eigenvalue weighted by Crippen LogP contribution is 2.28. The Balaban J connectivity index is 2.74. The van der Waals surface area contributed by atoms with Gasteiger partial charge in [0.1, 0.15) is 5.75 Å². The number of benzene rings is 1. The van der Waals surface area contributed by atoms with Crippen molar-refractivity contribution in [1.29, 1.82) is 0 Å². The number of phenols is 1. The first-order valence-electron chi connectivity index (χ1n) is 4.95. The topological polar surface area (TPSA) is 32.3 Å². The predicted octanol–water partition coefficient (Wildman–Crippen LogP) is 2.98. The minimum Gasteiger partial charge on any atom is -0.506 e. The summed E-state index contributed by atoms with van der Waals surface area (Å²) in [5, 5.41) is 12.9. The van der Waals surface area contributed by atoms with Crippen LogP contribution in [0.25, 0.3) is 6.08 Å². The van der Waals surface area contributed by atoms with Crippen LogP contribution in [-0.4, -0.2) is 18.7 Å². The molecule has 0 saturated carbocycles. The average Bonchev–Trinajstić information content (AvgIpc) is 2.21. The van der Waals surface area contributed by atoms with Crippen LogP contribution in [0.2, 0.25) is 5.02 Å². The molecule has 1 aromatic carbocycles. The Labute approximate surface area is 95.6 Å². The van der Waals surface area contributed by atoms with Gasteiger partial charge in [-0.1, -0.05) is 23.8 Å². The molecule has 3 heteroatoms. The van der Waals surface area contributed by atoms with Crippen LogP contribution in [0.4, 0.5) is 0 Å². The fraction of sp³-hybridized carbons (Fsp3) is 0.333. The van der Waals surface area contributed by atoms with Gasteiger partial charge in [-0.2, -0.15) is 0 Å². The standard InChI is InChI=1S/C12H16ClNO/c1-9-7-10(5-3-4-6-14-2)8-11(13)12(9)15/h3,5,7-8,14-15H,4,6H2,1-2H3. The van der Waals surface area contributed by atoms with Gasteiger partial charge in [0.05, 0.1) is 5.02 Å². The summed E-state index contributed by atoms with van der Waals surface area (Å²) in [5.74, 6) is 0.170. The molecule has 0 heterocycles. The fourth-order valence-electron chi connectivity index (χ4n) is 1.31. The van der Waals surface area contributed by atoms with E-state index in [1.807, 2.05) is 26.1 Å². The third-order valence-corrected chi connectivity index (χ3v) is 2.44. The Morgan fingerprint density at radius 2 is 2.20 bits per heavy atom. The smallest absolute Gasteiger partial charge is 0.137 e. The molecule has 0 spiro atoms. The normalized spacial score (nSPS) is 11.1. The summed E-state index contributed by atoms with van der Waals surface area (Å²) in [5.41, 5.74) is 1.82. The van der Waals surface area contributed by atoms with Gasteiger partial charge in [-0.15, -0.1) is 0 Å². The molecule has 0 aliphatic carbocycles. The largest absolute Gasteiger partial charge is 0.506 e. The summed E-state index contributed by atoms with van der Waals surface area (Å²) >= 11 is 5.86. The minimum atomic E-state index is 0.170. The highest BCUT2D eigenvalue weighted by atomic mass is 35.5. The Morgan fingerprint density at radius 3 is 2.80 bits per heavy atom. The molecule has 1 aromatic rings. The molecular formula is C12H16ClNO. The van der Waals surface area contributed by atoms with Crippen LogP contribution in [0.3, 0.4) is 0 Å². The lowest BCUT2D eigenvalue weighted by molar-refractivity contribution is 0.471. The molecule has 0 unspecified atom stereocenters. The zero-order valence-corrected chi connectivity index (χ0v) is 9.80. The molecule has 0 saturated heterocycles. The van der Waals surface area contributed by atoms with Gasteiger partial charge in [0.25, 0.3) is 0 Å². The van der Waals surface area contributed by atoms with Gasteiger partial charge < -0.3 is 10.4 Å². The highest BCUT2D eigenvalue weighted by Gasteiger charge is 2.02. The molecule has 0 amide bonds. The first-order valence-corrected chi connectivity index (χ1v) is 5.33. The van der Waals surface area contributed by atoms with E-state index in [0.717, 1.165) is 24.1 Å². The SMILES string of the molecule is CNCCC=Cc1cc(C)c(O)c(Cl)c1. The third kappa shape index (κ3) is 3.57. The lowest BCUT2D eigenvalue weighted by Crippen LogP contribution is -2.05. The van der Waals surface area contributed by atoms with Gasteiger partial charge in [0.15, 0.2) is 0 Å². The van der Waals surface area contributed by atoms with Crippen molar-refractivity contribution in [2.24, 2.45) is 0 Å². The molecule has 0 bridgehead atoms. The summed E-state index contributed by atoms with van der Waals surface area (Å²) < 4.78 is 0. The Kier molecular flexibility index (Phi) is 4.66. The second-order valence-electron chi connectivity index (χ2n) is 3.46. The number of hydrogen-bond donors (Lipinski definition) is 2. The number of hydrogen-bond acceptors (Lipinski definition) is 2. The first kappa shape index (κ1) is 12.1. The van der Waals surface area contributed by atoms with Crippen molar-refractivity contribution in [1.82, 2.24) is 5.32 Å². The van der Waals surface area contributed by atoms with Crippen molar-refractivity contribution < 1.29 is 5.11 Å². The number of phenolic OH excluding ortho intramolecular Hbond substituents is 1. The van der Waals surface area contributed by atoms with Crippen molar-refractivity contribution in [3.8, 4) is 5.75 Å². The van der Waals surface area contributed by atoms with Gasteiger partial charge in [-0.3, -0.25) is 0 Å². The molecule has 0 fully saturated rings. The third-order valence-electron chi connectivity index (χ3n) is 2.15. The van der Waals surface area contributed by atoms with E-state index in [0.29, 0.717) is 5.02 Å². The van der Waals surface area contributed by atoms with Gasteiger partial charge in [0, 0.05) is 0 Å². The fourth-order valence-corrected chi connectivity index (χ4v) is 1.58. The van der Waals surface area contributed by atoms with Crippen LogP contribution < -0.4 is 5.32 Å². The molecule has 0 aliphatic rings. The Hall–Kier alpha value is -0.990. The number of aryl methyl sites for hydroxylation is 1. The van der Waals surface area contributed by atoms with Crippen LogP contribution in [0, 0.1) is 6.92 Å². The molecule has 15 heavy (non-hydrogen) atoms. The number of halogens is 1. The number of rotatable bonds is 4. The summed E-state index contributed by atoms with van der Waals surface area (Å²) in [6, 6.07) is 3.68. The van der Waals surface area contributed by atoms with E-state index in [1.165, 1.54) is 0 Å². The molecule has 2 N–H and O–H groups in total. The monoisotopic (exact) mass is 225 g/mol. The van der Waals surface area contributed by atoms with E-state index in [4.69, 9.17) is 11.6 Å². The molecule has 0 aromatic heterocycles. The Morgan fingerprint density at radius 1 is 1.47 bits per heavy atom. The number of nitrogens with one attached hydrogen (secondary N) is 1. The van der Waals surface area contributed by atoms with Crippen molar-refractivity contribution in [3.63, 3.8) is 0 Å². The molecule has 0 radical (unpaired) electrons. The predicted molar refractivity (Wildman–Crippen MR) is 65.4 cm³/mol. The zero-order valence-electron chi connectivity index (χ0n) is 9.05. The lowest BCUT2D eigenvalue weighted by atomic mass is 10.1. The molecule has 82 valence electrons. The summed E-state index contributed by atoms with van der Waals surface area (Å²) in [6.07, 6.45) is 5.07. The van der Waals surface area contributed by atoms with Crippen LogP contribution in [0.1, 0.15) is 17.5 Å². The molecule has 0 atom stereocenters. The molecule has 1 rings (SSSR count). The van der Waals surface area contributed by atoms with E-state index in [1.54, 1.807) is 6.07 Å². The zero-order chi connectivity index (χ0) is 11.3. The summed E-state index contributed by atoms with van der Waals surface area (Å²) in [4.78, 5) is 0. The van der Waals surface area contributed by atoms with E-state index in [9.17, 15) is 5.11 Å². The van der Waals surface area contributed by atoms with E-state index in [-0.39, 0.29) is 5.75 Å². The number of aromatic hydroxyl groups is 1. The van der Waals surface area contributed by atoms with E-state index >= 15 is 0 Å². The second kappa shape index (κ2) is 5.79. The average molecular weight is 226 g/mol. The first-order chi connectivity index (χ1) is 7.15. The molecular weight excluding hydrogens is 210 g/mol. The summed E-state index contributed by atoms with van der Waals surface area (Å²) in [6.45, 7) is 2.80. The van der Waals surface area contributed by atoms with Crippen LogP contribution in [-0.2, 0) is 0 Å². The highest BCUT2D eigenvalue weighted by molar-refractivity contribution is 6.32. The second-order valence-corrected chi connectivity index (χ2v) is 3.87. The van der Waals surface area contributed by atoms with E-state index < -0.39 is 0 Å². The van der Waals surface area contributed by atoms with Gasteiger partial charge in [0.2, 0.25) is 0 Å². The van der Waals surface area contributed by atoms with Gasteiger partial charge in [-0.25, -0.2) is 0 Å². The van der Waals surface area contributed by atoms with Crippen molar-refractivity contribution in [2.45, 2.75) is 13.3 Å². The minimum absolute atomic E-state index is 0.170. The molecule has 0 aliphatic heterocycles. The quantitative estimate of drug-likeness (QED) is 0.773. The van der Waals surface area contributed by atoms with Crippen LogP contribution in [0.15, 0.2) is 18.2 Å².